The topological polar surface area (TPSA) is 12.0 Å². The maximum Gasteiger partial charge on any atom is 0.142 e. The van der Waals surface area contributed by atoms with Crippen molar-refractivity contribution in [2.45, 2.75) is 25.3 Å². The van der Waals surface area contributed by atoms with E-state index < -0.39 is 0 Å². The summed E-state index contributed by atoms with van der Waals surface area (Å²) in [6.45, 7) is 0.922. The molecule has 1 aromatic carbocycles. The second-order valence-corrected chi connectivity index (χ2v) is 4.13. The number of nitrogens with one attached hydrogen (secondary N) is 1. The van der Waals surface area contributed by atoms with Crippen molar-refractivity contribution < 1.29 is 4.39 Å². The lowest BCUT2D eigenvalue weighted by Crippen LogP contribution is -2.19. The molecule has 0 bridgehead atoms. The van der Waals surface area contributed by atoms with E-state index in [1.54, 1.807) is 6.07 Å². The third kappa shape index (κ3) is 2.69. The average molecular weight is 214 g/mol. The molecule has 76 valence electrons. The van der Waals surface area contributed by atoms with Gasteiger partial charge in [-0.2, -0.15) is 0 Å². The van der Waals surface area contributed by atoms with Crippen LogP contribution in [0.25, 0.3) is 0 Å². The Labute approximate surface area is 88.3 Å². The molecule has 0 aromatic heterocycles. The highest BCUT2D eigenvalue weighted by molar-refractivity contribution is 6.30. The van der Waals surface area contributed by atoms with E-state index in [9.17, 15) is 4.39 Å². The van der Waals surface area contributed by atoms with Crippen LogP contribution >= 0.6 is 11.6 Å². The fourth-order valence-corrected chi connectivity index (χ4v) is 1.52. The zero-order valence-electron chi connectivity index (χ0n) is 7.89. The molecule has 1 aliphatic carbocycles. The monoisotopic (exact) mass is 213 g/mol. The summed E-state index contributed by atoms with van der Waals surface area (Å²) in [5.41, 5.74) is 1.00. The lowest BCUT2D eigenvalue weighted by atomic mass is 10.1. The zero-order chi connectivity index (χ0) is 9.97. The van der Waals surface area contributed by atoms with Crippen molar-refractivity contribution in [3.05, 3.63) is 34.6 Å². The molecule has 0 saturated heterocycles. The second-order valence-electron chi connectivity index (χ2n) is 3.73. The summed E-state index contributed by atoms with van der Waals surface area (Å²) >= 11 is 5.58. The first kappa shape index (κ1) is 9.94. The highest BCUT2D eigenvalue weighted by Gasteiger charge is 2.19. The molecule has 0 radical (unpaired) electrons. The van der Waals surface area contributed by atoms with Crippen LogP contribution in [-0.2, 0) is 6.42 Å². The number of halogens is 2. The summed E-state index contributed by atoms with van der Waals surface area (Å²) in [6.07, 6.45) is 3.44. The Balaban J connectivity index is 1.85. The molecule has 0 heterocycles. The van der Waals surface area contributed by atoms with Crippen LogP contribution in [0.4, 0.5) is 4.39 Å². The maximum atomic E-state index is 13.0. The van der Waals surface area contributed by atoms with E-state index in [2.05, 4.69) is 5.32 Å². The smallest absolute Gasteiger partial charge is 0.142 e. The average Bonchev–Trinajstić information content (AvgIpc) is 2.95. The third-order valence-electron chi connectivity index (χ3n) is 2.41. The molecule has 0 unspecified atom stereocenters. The van der Waals surface area contributed by atoms with Crippen molar-refractivity contribution in [1.82, 2.24) is 5.32 Å². The van der Waals surface area contributed by atoms with Crippen molar-refractivity contribution in [3.63, 3.8) is 0 Å². The van der Waals surface area contributed by atoms with E-state index in [1.165, 1.54) is 18.9 Å². The fourth-order valence-electron chi connectivity index (χ4n) is 1.40. The lowest BCUT2D eigenvalue weighted by Gasteiger charge is -2.03. The second kappa shape index (κ2) is 4.28. The summed E-state index contributed by atoms with van der Waals surface area (Å²) in [4.78, 5) is 0. The van der Waals surface area contributed by atoms with Crippen LogP contribution in [0, 0.1) is 5.82 Å². The summed E-state index contributed by atoms with van der Waals surface area (Å²) in [6, 6.07) is 5.72. The predicted molar refractivity (Wildman–Crippen MR) is 56.1 cm³/mol. The molecular formula is C11H13ClFN. The number of rotatable bonds is 4. The van der Waals surface area contributed by atoms with Crippen molar-refractivity contribution in [3.8, 4) is 0 Å². The van der Waals surface area contributed by atoms with Crippen LogP contribution in [0.3, 0.4) is 0 Å². The van der Waals surface area contributed by atoms with Crippen molar-refractivity contribution in [2.75, 3.05) is 6.54 Å². The van der Waals surface area contributed by atoms with E-state index in [0.717, 1.165) is 18.5 Å². The molecule has 1 fully saturated rings. The van der Waals surface area contributed by atoms with Gasteiger partial charge in [0.2, 0.25) is 0 Å². The van der Waals surface area contributed by atoms with Gasteiger partial charge in [0.1, 0.15) is 5.82 Å². The van der Waals surface area contributed by atoms with Crippen LogP contribution in [0.2, 0.25) is 5.02 Å². The summed E-state index contributed by atoms with van der Waals surface area (Å²) in [5.74, 6) is -0.324. The fraction of sp³-hybridized carbons (Fsp3) is 0.455. The Kier molecular flexibility index (Phi) is 3.04. The van der Waals surface area contributed by atoms with Gasteiger partial charge in [-0.05, 0) is 43.5 Å². The summed E-state index contributed by atoms with van der Waals surface area (Å²) in [7, 11) is 0. The normalized spacial score (nSPS) is 15.9. The molecule has 1 saturated carbocycles. The van der Waals surface area contributed by atoms with Gasteiger partial charge in [-0.15, -0.1) is 0 Å². The summed E-state index contributed by atoms with van der Waals surface area (Å²) < 4.78 is 13.0. The van der Waals surface area contributed by atoms with Crippen molar-refractivity contribution in [1.29, 1.82) is 0 Å². The number of hydrogen-bond acceptors (Lipinski definition) is 1. The van der Waals surface area contributed by atoms with Gasteiger partial charge < -0.3 is 5.32 Å². The molecule has 0 amide bonds. The molecule has 14 heavy (non-hydrogen) atoms. The van der Waals surface area contributed by atoms with Crippen LogP contribution < -0.4 is 5.32 Å². The Morgan fingerprint density at radius 1 is 1.43 bits per heavy atom. The highest BCUT2D eigenvalue weighted by atomic mass is 35.5. The molecule has 3 heteroatoms. The predicted octanol–water partition coefficient (Wildman–Crippen LogP) is 2.77. The summed E-state index contributed by atoms with van der Waals surface area (Å²) in [5, 5.41) is 3.58. The molecule has 0 aliphatic heterocycles. The lowest BCUT2D eigenvalue weighted by molar-refractivity contribution is 0.623. The molecular weight excluding hydrogens is 201 g/mol. The van der Waals surface area contributed by atoms with E-state index in [0.29, 0.717) is 6.04 Å². The van der Waals surface area contributed by atoms with E-state index >= 15 is 0 Å². The van der Waals surface area contributed by atoms with Gasteiger partial charge in [0.25, 0.3) is 0 Å². The first-order valence-electron chi connectivity index (χ1n) is 4.93. The Bertz CT molecular complexity index is 323. The molecule has 0 atom stereocenters. The quantitative estimate of drug-likeness (QED) is 0.811. The Morgan fingerprint density at radius 3 is 2.86 bits per heavy atom. The van der Waals surface area contributed by atoms with Crippen molar-refractivity contribution >= 4 is 11.6 Å². The van der Waals surface area contributed by atoms with Gasteiger partial charge in [0, 0.05) is 6.04 Å². The van der Waals surface area contributed by atoms with E-state index in [-0.39, 0.29) is 10.8 Å². The van der Waals surface area contributed by atoms with Crippen LogP contribution in [-0.4, -0.2) is 12.6 Å². The molecule has 1 aromatic rings. The Hall–Kier alpha value is -0.600. The van der Waals surface area contributed by atoms with Gasteiger partial charge in [-0.1, -0.05) is 17.7 Å². The number of hydrogen-bond donors (Lipinski definition) is 1. The molecule has 0 spiro atoms. The molecule has 1 N–H and O–H groups in total. The maximum absolute atomic E-state index is 13.0. The Morgan fingerprint density at radius 2 is 2.21 bits per heavy atom. The highest BCUT2D eigenvalue weighted by Crippen LogP contribution is 2.19. The van der Waals surface area contributed by atoms with Gasteiger partial charge in [-0.25, -0.2) is 4.39 Å². The zero-order valence-corrected chi connectivity index (χ0v) is 8.65. The SMILES string of the molecule is Fc1cc(CCNC2CC2)ccc1Cl. The van der Waals surface area contributed by atoms with Gasteiger partial charge in [-0.3, -0.25) is 0 Å². The molecule has 2 rings (SSSR count). The van der Waals surface area contributed by atoms with Crippen LogP contribution in [0.15, 0.2) is 18.2 Å². The van der Waals surface area contributed by atoms with Gasteiger partial charge >= 0.3 is 0 Å². The largest absolute Gasteiger partial charge is 0.314 e. The first-order valence-corrected chi connectivity index (χ1v) is 5.31. The minimum atomic E-state index is -0.324. The van der Waals surface area contributed by atoms with Crippen LogP contribution in [0.1, 0.15) is 18.4 Å². The molecule has 1 nitrogen and oxygen atoms in total. The van der Waals surface area contributed by atoms with Gasteiger partial charge in [0.05, 0.1) is 5.02 Å². The van der Waals surface area contributed by atoms with E-state index in [1.807, 2.05) is 6.07 Å². The number of benzene rings is 1. The first-order chi connectivity index (χ1) is 6.75. The van der Waals surface area contributed by atoms with E-state index in [4.69, 9.17) is 11.6 Å². The minimum absolute atomic E-state index is 0.198. The third-order valence-corrected chi connectivity index (χ3v) is 2.71. The minimum Gasteiger partial charge on any atom is -0.314 e. The van der Waals surface area contributed by atoms with Crippen LogP contribution in [0.5, 0.6) is 0 Å². The standard InChI is InChI=1S/C11H13ClFN/c12-10-4-1-8(7-11(10)13)5-6-14-9-2-3-9/h1,4,7,9,14H,2-3,5-6H2. The molecule has 1 aliphatic rings. The van der Waals surface area contributed by atoms with Crippen molar-refractivity contribution in [2.24, 2.45) is 0 Å². The van der Waals surface area contributed by atoms with Gasteiger partial charge in [0.15, 0.2) is 0 Å².